The normalized spacial score (nSPS) is 9.75. The summed E-state index contributed by atoms with van der Waals surface area (Å²) in [4.78, 5) is 3.94. The molecule has 5 heteroatoms. The fraction of sp³-hybridized carbons (Fsp3) is 0.286. The molecule has 1 heterocycles. The number of hydrogen-bond donors (Lipinski definition) is 4. The van der Waals surface area contributed by atoms with Crippen LogP contribution in [0.3, 0.4) is 0 Å². The molecular weight excluding hydrogens is 156 g/mol. The van der Waals surface area contributed by atoms with Crippen molar-refractivity contribution in [3.63, 3.8) is 0 Å². The molecule has 1 aromatic rings. The summed E-state index contributed by atoms with van der Waals surface area (Å²) in [7, 11) is 0. The number of anilines is 3. The molecular formula is C7H12N4O. The first-order valence-corrected chi connectivity index (χ1v) is 3.61. The number of aliphatic hydroxyl groups is 1. The standard InChI is InChI=1S/C7H12N4O/c8-5-1-2-6(10-3-4-12)11-7(5)9/h1-2,12H,3-4,8H2,(H3,9,10,11). The largest absolute Gasteiger partial charge is 0.396 e. The summed E-state index contributed by atoms with van der Waals surface area (Å²) in [6.45, 7) is 0.516. The molecule has 1 rings (SSSR count). The van der Waals surface area contributed by atoms with Crippen molar-refractivity contribution in [3.8, 4) is 0 Å². The van der Waals surface area contributed by atoms with Crippen LogP contribution >= 0.6 is 0 Å². The lowest BCUT2D eigenvalue weighted by Crippen LogP contribution is -2.08. The molecule has 1 aromatic heterocycles. The van der Waals surface area contributed by atoms with Gasteiger partial charge in [0.25, 0.3) is 0 Å². The highest BCUT2D eigenvalue weighted by Crippen LogP contribution is 2.13. The minimum absolute atomic E-state index is 0.0615. The van der Waals surface area contributed by atoms with Crippen LogP contribution in [0, 0.1) is 0 Å². The van der Waals surface area contributed by atoms with Crippen molar-refractivity contribution in [1.82, 2.24) is 4.98 Å². The van der Waals surface area contributed by atoms with Gasteiger partial charge in [-0.15, -0.1) is 0 Å². The van der Waals surface area contributed by atoms with Crippen LogP contribution in [0.2, 0.25) is 0 Å². The predicted molar refractivity (Wildman–Crippen MR) is 48.6 cm³/mol. The van der Waals surface area contributed by atoms with E-state index in [0.29, 0.717) is 23.9 Å². The second-order valence-corrected chi connectivity index (χ2v) is 2.32. The van der Waals surface area contributed by atoms with Gasteiger partial charge in [0, 0.05) is 6.54 Å². The van der Waals surface area contributed by atoms with Crippen LogP contribution in [0.4, 0.5) is 17.3 Å². The van der Waals surface area contributed by atoms with Crippen LogP contribution in [0.15, 0.2) is 12.1 Å². The Balaban J connectivity index is 2.69. The SMILES string of the molecule is Nc1ccc(NCCO)nc1N. The van der Waals surface area contributed by atoms with Gasteiger partial charge >= 0.3 is 0 Å². The molecule has 0 spiro atoms. The Labute approximate surface area is 70.4 Å². The van der Waals surface area contributed by atoms with E-state index in [1.165, 1.54) is 0 Å². The molecule has 12 heavy (non-hydrogen) atoms. The van der Waals surface area contributed by atoms with E-state index in [1.54, 1.807) is 12.1 Å². The first-order valence-electron chi connectivity index (χ1n) is 3.61. The third-order valence-electron chi connectivity index (χ3n) is 1.38. The molecule has 0 bridgehead atoms. The lowest BCUT2D eigenvalue weighted by atomic mass is 10.4. The number of nitrogens with one attached hydrogen (secondary N) is 1. The monoisotopic (exact) mass is 168 g/mol. The molecule has 6 N–H and O–H groups in total. The summed E-state index contributed by atoms with van der Waals surface area (Å²) in [5.74, 6) is 0.925. The van der Waals surface area contributed by atoms with Crippen LogP contribution < -0.4 is 16.8 Å². The Hall–Kier alpha value is -1.49. The first-order chi connectivity index (χ1) is 5.74. The molecule has 0 atom stereocenters. The van der Waals surface area contributed by atoms with Gasteiger partial charge in [0.2, 0.25) is 0 Å². The number of nitrogens with two attached hydrogens (primary N) is 2. The molecule has 0 amide bonds. The van der Waals surface area contributed by atoms with E-state index < -0.39 is 0 Å². The number of nitrogens with zero attached hydrogens (tertiary/aromatic N) is 1. The van der Waals surface area contributed by atoms with E-state index >= 15 is 0 Å². The highest BCUT2D eigenvalue weighted by molar-refractivity contribution is 5.61. The zero-order valence-electron chi connectivity index (χ0n) is 6.62. The maximum atomic E-state index is 8.51. The molecule has 0 saturated carbocycles. The van der Waals surface area contributed by atoms with E-state index in [1.807, 2.05) is 0 Å². The van der Waals surface area contributed by atoms with Crippen LogP contribution in [0.1, 0.15) is 0 Å². The maximum absolute atomic E-state index is 8.51. The van der Waals surface area contributed by atoms with E-state index in [-0.39, 0.29) is 6.61 Å². The summed E-state index contributed by atoms with van der Waals surface area (Å²) in [5, 5.41) is 11.4. The van der Waals surface area contributed by atoms with Gasteiger partial charge in [0.15, 0.2) is 0 Å². The first kappa shape index (κ1) is 8.61. The average molecular weight is 168 g/mol. The summed E-state index contributed by atoms with van der Waals surface area (Å²) >= 11 is 0. The Kier molecular flexibility index (Phi) is 2.71. The van der Waals surface area contributed by atoms with E-state index in [4.69, 9.17) is 16.6 Å². The lowest BCUT2D eigenvalue weighted by Gasteiger charge is -2.04. The number of aliphatic hydroxyl groups excluding tert-OH is 1. The molecule has 66 valence electrons. The minimum Gasteiger partial charge on any atom is -0.396 e. The van der Waals surface area contributed by atoms with Gasteiger partial charge in [-0.25, -0.2) is 4.98 Å². The molecule has 0 radical (unpaired) electrons. The summed E-state index contributed by atoms with van der Waals surface area (Å²) in [6.07, 6.45) is 0. The van der Waals surface area contributed by atoms with Gasteiger partial charge in [-0.3, -0.25) is 0 Å². The highest BCUT2D eigenvalue weighted by atomic mass is 16.3. The minimum atomic E-state index is 0.0615. The molecule has 0 aliphatic carbocycles. The predicted octanol–water partition coefficient (Wildman–Crippen LogP) is -0.350. The van der Waals surface area contributed by atoms with Gasteiger partial charge < -0.3 is 21.9 Å². The van der Waals surface area contributed by atoms with Crippen LogP contribution in [0.25, 0.3) is 0 Å². The number of aromatic nitrogens is 1. The Bertz CT molecular complexity index is 264. The van der Waals surface area contributed by atoms with Crippen molar-refractivity contribution < 1.29 is 5.11 Å². The quantitative estimate of drug-likeness (QED) is 0.494. The third kappa shape index (κ3) is 2.00. The lowest BCUT2D eigenvalue weighted by molar-refractivity contribution is 0.311. The van der Waals surface area contributed by atoms with Crippen molar-refractivity contribution in [3.05, 3.63) is 12.1 Å². The Morgan fingerprint density at radius 2 is 2.17 bits per heavy atom. The van der Waals surface area contributed by atoms with Crippen molar-refractivity contribution in [1.29, 1.82) is 0 Å². The topological polar surface area (TPSA) is 97.2 Å². The number of pyridine rings is 1. The second-order valence-electron chi connectivity index (χ2n) is 2.32. The van der Waals surface area contributed by atoms with Crippen molar-refractivity contribution >= 4 is 17.3 Å². The summed E-state index contributed by atoms with van der Waals surface area (Å²) in [6, 6.07) is 3.38. The van der Waals surface area contributed by atoms with Gasteiger partial charge in [0.1, 0.15) is 11.6 Å². The van der Waals surface area contributed by atoms with Gasteiger partial charge in [-0.1, -0.05) is 0 Å². The van der Waals surface area contributed by atoms with E-state index in [9.17, 15) is 0 Å². The van der Waals surface area contributed by atoms with Crippen LogP contribution in [-0.4, -0.2) is 23.2 Å². The zero-order chi connectivity index (χ0) is 8.97. The maximum Gasteiger partial charge on any atom is 0.149 e. The summed E-state index contributed by atoms with van der Waals surface area (Å²) in [5.41, 5.74) is 11.4. The van der Waals surface area contributed by atoms with Crippen LogP contribution in [0.5, 0.6) is 0 Å². The number of hydrogen-bond acceptors (Lipinski definition) is 5. The zero-order valence-corrected chi connectivity index (χ0v) is 6.62. The van der Waals surface area contributed by atoms with Crippen molar-refractivity contribution in [2.45, 2.75) is 0 Å². The number of rotatable bonds is 3. The smallest absolute Gasteiger partial charge is 0.149 e. The van der Waals surface area contributed by atoms with Gasteiger partial charge in [-0.05, 0) is 12.1 Å². The second kappa shape index (κ2) is 3.77. The molecule has 0 saturated heterocycles. The molecule has 0 unspecified atom stereocenters. The Morgan fingerprint density at radius 3 is 2.75 bits per heavy atom. The van der Waals surface area contributed by atoms with E-state index in [2.05, 4.69) is 10.3 Å². The van der Waals surface area contributed by atoms with Crippen molar-refractivity contribution in [2.24, 2.45) is 0 Å². The third-order valence-corrected chi connectivity index (χ3v) is 1.38. The van der Waals surface area contributed by atoms with Crippen LogP contribution in [-0.2, 0) is 0 Å². The van der Waals surface area contributed by atoms with Gasteiger partial charge in [-0.2, -0.15) is 0 Å². The Morgan fingerprint density at radius 1 is 1.42 bits per heavy atom. The molecule has 5 nitrogen and oxygen atoms in total. The summed E-state index contributed by atoms with van der Waals surface area (Å²) < 4.78 is 0. The fourth-order valence-electron chi connectivity index (χ4n) is 0.768. The number of nitrogen functional groups attached to an aromatic ring is 2. The van der Waals surface area contributed by atoms with Gasteiger partial charge in [0.05, 0.1) is 12.3 Å². The van der Waals surface area contributed by atoms with E-state index in [0.717, 1.165) is 0 Å². The average Bonchev–Trinajstić information content (AvgIpc) is 2.07. The molecule has 0 fully saturated rings. The highest BCUT2D eigenvalue weighted by Gasteiger charge is 1.96. The molecule has 0 aromatic carbocycles. The van der Waals surface area contributed by atoms with Crippen molar-refractivity contribution in [2.75, 3.05) is 29.9 Å². The molecule has 0 aliphatic heterocycles. The molecule has 0 aliphatic rings. The fourth-order valence-corrected chi connectivity index (χ4v) is 0.768.